The van der Waals surface area contributed by atoms with Crippen molar-refractivity contribution in [2.75, 3.05) is 9.80 Å². The van der Waals surface area contributed by atoms with Crippen LogP contribution >= 0.6 is 0 Å². The first-order valence-corrected chi connectivity index (χ1v) is 21.8. The Bertz CT molecular complexity index is 2910. The third kappa shape index (κ3) is 5.86. The molecule has 2 aliphatic heterocycles. The monoisotopic (exact) mass is 796 g/mol. The molecule has 0 amide bonds. The summed E-state index contributed by atoms with van der Waals surface area (Å²) in [6, 6.07) is 58.1. The van der Waals surface area contributed by atoms with Crippen molar-refractivity contribution in [2.45, 2.75) is 96.8 Å². The van der Waals surface area contributed by atoms with Gasteiger partial charge in [-0.2, -0.15) is 0 Å². The Kier molecular flexibility index (Phi) is 8.53. The number of aliphatic imine (C=N–C) groups is 2. The van der Waals surface area contributed by atoms with Crippen LogP contribution in [0.15, 0.2) is 168 Å². The molecular formula is C57H56N4. The molecule has 0 radical (unpaired) electrons. The van der Waals surface area contributed by atoms with Gasteiger partial charge in [0.1, 0.15) is 11.7 Å². The van der Waals surface area contributed by atoms with Crippen molar-refractivity contribution < 1.29 is 0 Å². The second-order valence-electron chi connectivity index (χ2n) is 19.9. The maximum absolute atomic E-state index is 5.32. The van der Waals surface area contributed by atoms with Gasteiger partial charge in [0.2, 0.25) is 0 Å². The van der Waals surface area contributed by atoms with Gasteiger partial charge in [0.25, 0.3) is 0 Å². The summed E-state index contributed by atoms with van der Waals surface area (Å²) in [5.41, 5.74) is 13.9. The summed E-state index contributed by atoms with van der Waals surface area (Å²) in [5.74, 6) is 2.04. The van der Waals surface area contributed by atoms with Gasteiger partial charge in [-0.3, -0.25) is 9.98 Å². The summed E-state index contributed by atoms with van der Waals surface area (Å²) in [6.07, 6.45) is 0. The number of fused-ring (bicyclic) bond motifs is 5. The van der Waals surface area contributed by atoms with E-state index in [0.29, 0.717) is 0 Å². The first kappa shape index (κ1) is 38.9. The summed E-state index contributed by atoms with van der Waals surface area (Å²) in [4.78, 5) is 15.4. The highest BCUT2D eigenvalue weighted by atomic mass is 15.3. The molecule has 0 N–H and O–H groups in total. The summed E-state index contributed by atoms with van der Waals surface area (Å²) in [7, 11) is 0. The van der Waals surface area contributed by atoms with Gasteiger partial charge in [-0.05, 0) is 147 Å². The molecule has 7 aromatic carbocycles. The van der Waals surface area contributed by atoms with Crippen LogP contribution in [0.1, 0.15) is 91.5 Å². The largest absolute Gasteiger partial charge is 0.318 e. The van der Waals surface area contributed by atoms with Crippen molar-refractivity contribution in [3.63, 3.8) is 0 Å². The van der Waals surface area contributed by atoms with Gasteiger partial charge in [0.15, 0.2) is 0 Å². The van der Waals surface area contributed by atoms with E-state index in [1.165, 1.54) is 61.0 Å². The fourth-order valence-corrected chi connectivity index (χ4v) is 10.1. The highest BCUT2D eigenvalue weighted by Gasteiger charge is 2.51. The van der Waals surface area contributed by atoms with E-state index in [2.05, 4.69) is 237 Å². The SMILES string of the molecule is CC1(C)c2cc(-c3ccc(C4=NC(C)(C)C(C)(C)N4c4ccccc4)cc3)ccc2-c2ccc3cc(-c4ccc(C5=NC(C)(C)C(C)(C)N5c5ccccc5)cc4)ccc3c21. The minimum absolute atomic E-state index is 0.163. The molecule has 1 aliphatic carbocycles. The maximum atomic E-state index is 5.32. The molecule has 7 aromatic rings. The topological polar surface area (TPSA) is 31.2 Å². The van der Waals surface area contributed by atoms with E-state index in [1.54, 1.807) is 0 Å². The first-order chi connectivity index (χ1) is 29.0. The van der Waals surface area contributed by atoms with Gasteiger partial charge in [0, 0.05) is 27.9 Å². The highest BCUT2D eigenvalue weighted by molar-refractivity contribution is 6.14. The van der Waals surface area contributed by atoms with Crippen molar-refractivity contribution in [3.05, 3.63) is 180 Å². The van der Waals surface area contributed by atoms with Crippen LogP contribution in [0.5, 0.6) is 0 Å². The number of hydrogen-bond donors (Lipinski definition) is 0. The molecule has 0 bridgehead atoms. The fourth-order valence-electron chi connectivity index (χ4n) is 10.1. The van der Waals surface area contributed by atoms with Gasteiger partial charge >= 0.3 is 0 Å². The lowest BCUT2D eigenvalue weighted by molar-refractivity contribution is 0.338. The molecule has 0 spiro atoms. The highest BCUT2D eigenvalue weighted by Crippen LogP contribution is 2.53. The Balaban J connectivity index is 0.936. The third-order valence-corrected chi connectivity index (χ3v) is 14.9. The predicted molar refractivity (Wildman–Crippen MR) is 260 cm³/mol. The van der Waals surface area contributed by atoms with E-state index in [0.717, 1.165) is 28.5 Å². The van der Waals surface area contributed by atoms with Crippen molar-refractivity contribution >= 4 is 33.8 Å². The number of para-hydroxylation sites is 2. The number of rotatable bonds is 6. The maximum Gasteiger partial charge on any atom is 0.136 e. The number of amidine groups is 2. The van der Waals surface area contributed by atoms with Crippen molar-refractivity contribution in [1.29, 1.82) is 0 Å². The van der Waals surface area contributed by atoms with Crippen LogP contribution in [0.2, 0.25) is 0 Å². The fraction of sp³-hybridized carbons (Fsp3) is 0.263. The van der Waals surface area contributed by atoms with E-state index in [1.807, 2.05) is 0 Å². The molecule has 0 aromatic heterocycles. The zero-order valence-electron chi connectivity index (χ0n) is 37.3. The van der Waals surface area contributed by atoms with Crippen LogP contribution in [0.4, 0.5) is 11.4 Å². The van der Waals surface area contributed by atoms with Crippen LogP contribution < -0.4 is 9.80 Å². The zero-order chi connectivity index (χ0) is 42.7. The average molecular weight is 797 g/mol. The number of hydrogen-bond acceptors (Lipinski definition) is 4. The number of benzene rings is 7. The van der Waals surface area contributed by atoms with Crippen molar-refractivity contribution in [3.8, 4) is 33.4 Å². The molecule has 0 fully saturated rings. The molecule has 4 nitrogen and oxygen atoms in total. The molecule has 4 heteroatoms. The minimum Gasteiger partial charge on any atom is -0.318 e. The molecule has 3 aliphatic rings. The number of anilines is 2. The van der Waals surface area contributed by atoms with Crippen molar-refractivity contribution in [2.24, 2.45) is 9.98 Å². The van der Waals surface area contributed by atoms with Crippen LogP contribution in [0.25, 0.3) is 44.2 Å². The van der Waals surface area contributed by atoms with E-state index < -0.39 is 0 Å². The molecule has 2 heterocycles. The standard InChI is InChI=1S/C57H56N4/c1-53(2)49-36-42(38-23-27-40(28-24-38)52-59-55(5,6)57(9,10)61(52)45-19-15-12-16-20-45)30-33-47(49)48-34-31-43-35-41(29-32-46(43)50(48)53)37-21-25-39(26-22-37)51-58-54(3,4)56(7,8)60(51)44-17-13-11-14-18-44/h11-36H,1-10H3. The Hall–Kier alpha value is -6.26. The Morgan fingerprint density at radius 1 is 0.377 bits per heavy atom. The lowest BCUT2D eigenvalue weighted by Gasteiger charge is -2.41. The number of nitrogens with zero attached hydrogens (tertiary/aromatic N) is 4. The smallest absolute Gasteiger partial charge is 0.136 e. The lowest BCUT2D eigenvalue weighted by Crippen LogP contribution is -2.53. The second kappa shape index (κ2) is 13.4. The van der Waals surface area contributed by atoms with Gasteiger partial charge in [0.05, 0.1) is 22.2 Å². The van der Waals surface area contributed by atoms with E-state index in [4.69, 9.17) is 9.98 Å². The summed E-state index contributed by atoms with van der Waals surface area (Å²) >= 11 is 0. The molecule has 0 atom stereocenters. The molecule has 10 rings (SSSR count). The van der Waals surface area contributed by atoms with Crippen LogP contribution in [0.3, 0.4) is 0 Å². The Labute approximate surface area is 362 Å². The quantitative estimate of drug-likeness (QED) is 0.168. The van der Waals surface area contributed by atoms with E-state index >= 15 is 0 Å². The Morgan fingerprint density at radius 3 is 1.28 bits per heavy atom. The Morgan fingerprint density at radius 2 is 0.787 bits per heavy atom. The molecule has 304 valence electrons. The molecular weight excluding hydrogens is 741 g/mol. The van der Waals surface area contributed by atoms with Gasteiger partial charge < -0.3 is 9.80 Å². The third-order valence-electron chi connectivity index (χ3n) is 14.9. The predicted octanol–water partition coefficient (Wildman–Crippen LogP) is 14.1. The minimum atomic E-state index is -0.249. The van der Waals surface area contributed by atoms with E-state index in [-0.39, 0.29) is 27.6 Å². The van der Waals surface area contributed by atoms with Gasteiger partial charge in [-0.15, -0.1) is 0 Å². The molecule has 0 saturated carbocycles. The normalized spacial score (nSPS) is 18.8. The summed E-state index contributed by atoms with van der Waals surface area (Å²) in [5, 5.41) is 2.58. The molecule has 0 saturated heterocycles. The molecule has 0 unspecified atom stereocenters. The van der Waals surface area contributed by atoms with E-state index in [9.17, 15) is 0 Å². The second-order valence-corrected chi connectivity index (χ2v) is 19.9. The zero-order valence-corrected chi connectivity index (χ0v) is 37.3. The molecule has 61 heavy (non-hydrogen) atoms. The summed E-state index contributed by atoms with van der Waals surface area (Å²) < 4.78 is 0. The van der Waals surface area contributed by atoms with Gasteiger partial charge in [-0.1, -0.05) is 135 Å². The van der Waals surface area contributed by atoms with Crippen molar-refractivity contribution in [1.82, 2.24) is 0 Å². The summed E-state index contributed by atoms with van der Waals surface area (Å²) in [6.45, 7) is 22.9. The first-order valence-electron chi connectivity index (χ1n) is 21.8. The lowest BCUT2D eigenvalue weighted by atomic mass is 9.79. The van der Waals surface area contributed by atoms with Crippen LogP contribution in [0, 0.1) is 0 Å². The average Bonchev–Trinajstić information content (AvgIpc) is 3.69. The van der Waals surface area contributed by atoms with Crippen LogP contribution in [-0.2, 0) is 5.41 Å². The van der Waals surface area contributed by atoms with Crippen LogP contribution in [-0.4, -0.2) is 33.8 Å². The van der Waals surface area contributed by atoms with Gasteiger partial charge in [-0.25, -0.2) is 0 Å².